The third kappa shape index (κ3) is 21.5. The van der Waals surface area contributed by atoms with Crippen LogP contribution >= 0.6 is 22.9 Å². The largest absolute Gasteiger partial charge is 0.368 e. The van der Waals surface area contributed by atoms with Gasteiger partial charge in [-0.15, -0.1) is 11.3 Å². The summed E-state index contributed by atoms with van der Waals surface area (Å²) in [6.07, 6.45) is 21.5. The van der Waals surface area contributed by atoms with Crippen LogP contribution in [0, 0.1) is 27.7 Å². The lowest BCUT2D eigenvalue weighted by Crippen LogP contribution is -2.18. The Labute approximate surface area is 766 Å². The second-order valence-electron chi connectivity index (χ2n) is 31.2. The number of fused-ring (bicyclic) bond motifs is 6. The Morgan fingerprint density at radius 3 is 1.19 bits per heavy atom. The molecular weight excluding hydrogens is 1730 g/mol. The number of nitrogens with one attached hydrogen (secondary N) is 5. The second kappa shape index (κ2) is 39.9. The van der Waals surface area contributed by atoms with Crippen molar-refractivity contribution in [2.24, 2.45) is 0 Å². The molecule has 20 aromatic heterocycles. The molecule has 15 N–H and O–H groups in total. The van der Waals surface area contributed by atoms with Crippen LogP contribution < -0.4 is 55.3 Å². The average molecular weight is 1820 g/mol. The molecule has 1 aliphatic rings. The van der Waals surface area contributed by atoms with Gasteiger partial charge in [0.2, 0.25) is 29.7 Å². The predicted molar refractivity (Wildman–Crippen MR) is 505 cm³/mol. The van der Waals surface area contributed by atoms with E-state index in [9.17, 15) is 0 Å². The molecule has 41 nitrogen and oxygen atoms in total. The van der Waals surface area contributed by atoms with Gasteiger partial charge in [-0.3, -0.25) is 14.9 Å². The number of thiazole rings is 1. The van der Waals surface area contributed by atoms with Crippen LogP contribution in [0.25, 0.3) is 60.8 Å². The quantitative estimate of drug-likeness (QED) is 0.0229. The standard InChI is InChI=1S/C23H27N7O.C19H18N8O.C17H16ClN7O.C16H15N7O.C15H15N7OS/c1-16-11-19(28-31-16)13-25-22-21-20(26-23(24)27-22)7-10-30(21)15-18-6-4-5-17(12-18)14-29-8-2-3-9-29;1-12-8-13(25-28-12)9-21-18-17-15(23-19(20)24-18)5-7-27(17)11-14-10-26-6-3-2-4-16(26)22-14;1-10-7-11(24-26-10)8-21-16-15-13(22-17(19)23-16)4-6-25(15)9-14-12(18)3-2-5-20-14;17-16-20-13-4-7-23(10-12-3-1-2-6-18-12)14(13)15(21-16)19-9-11-5-8-24-22-11;1-9-4-10(21-23-9)5-17-14-13-12(19-15(16)20-14)2-3-22(13)6-11-7-24-8-18-11/h4-7,10-12H,2-3,8-9,13-15H2,1H3,(H3,24,25,26,27);2-8,10H,9,11H2,1H3,(H3,20,21,23,24);2-7H,8-9H2,1H3,(H3,19,21,22,23);1-8H,9-10H2,(H3,17,19,20,21);2-4,7-8H,5-6H2,1H3,(H3,16,17,19,20). The van der Waals surface area contributed by atoms with E-state index < -0.39 is 0 Å². The number of imidazole rings is 1. The monoisotopic (exact) mass is 1820 g/mol. The van der Waals surface area contributed by atoms with Gasteiger partial charge >= 0.3 is 0 Å². The Bertz CT molecular complexity index is 7470. The van der Waals surface area contributed by atoms with Gasteiger partial charge in [-0.2, -0.15) is 24.9 Å². The first kappa shape index (κ1) is 87.0. The molecule has 0 aliphatic carbocycles. The van der Waals surface area contributed by atoms with E-state index in [0.717, 1.165) is 148 Å². The van der Waals surface area contributed by atoms with Gasteiger partial charge in [-0.1, -0.05) is 73.8 Å². The molecule has 0 amide bonds. The molecule has 21 aromatic rings. The summed E-state index contributed by atoms with van der Waals surface area (Å²) in [6.45, 7) is 16.4. The molecule has 674 valence electrons. The van der Waals surface area contributed by atoms with E-state index in [4.69, 9.17) is 62.9 Å². The molecule has 1 aromatic carbocycles. The van der Waals surface area contributed by atoms with Crippen LogP contribution in [0.1, 0.15) is 98.3 Å². The molecule has 133 heavy (non-hydrogen) atoms. The lowest BCUT2D eigenvalue weighted by atomic mass is 10.1. The van der Waals surface area contributed by atoms with Crippen LogP contribution in [-0.4, -0.2) is 141 Å². The van der Waals surface area contributed by atoms with Crippen LogP contribution in [0.15, 0.2) is 229 Å². The SMILES string of the molecule is Cc1cc(CNc2nc(N)nc3ccn(Cc4cccc(CN5CCCC5)c4)c23)no1.Cc1cc(CNc2nc(N)nc3ccn(Cc4cn5ccccc5n4)c23)no1.Cc1cc(CNc2nc(N)nc3ccn(Cc4cscn4)c23)no1.Cc1cc(CNc2nc(N)nc3ccn(Cc4ncccc4Cl)c23)no1.Nc1nc(NCc2ccon2)c2c(ccn2Cc2ccccn2)n1. The van der Waals surface area contributed by atoms with Crippen LogP contribution in [0.3, 0.4) is 0 Å². The number of aromatic nitrogens is 25. The predicted octanol–water partition coefficient (Wildman–Crippen LogP) is 13.7. The number of halogens is 1. The van der Waals surface area contributed by atoms with E-state index in [1.54, 1.807) is 35.9 Å². The first-order valence-electron chi connectivity index (χ1n) is 42.4. The zero-order chi connectivity index (χ0) is 91.3. The van der Waals surface area contributed by atoms with E-state index in [2.05, 4.69) is 165 Å². The summed E-state index contributed by atoms with van der Waals surface area (Å²) in [5.74, 6) is 7.46. The number of pyridine rings is 3. The number of nitrogens with two attached hydrogens (primary N) is 5. The fourth-order valence-electron chi connectivity index (χ4n) is 15.4. The smallest absolute Gasteiger partial charge is 0.222 e. The van der Waals surface area contributed by atoms with Crippen LogP contribution in [0.5, 0.6) is 0 Å². The molecule has 0 bridgehead atoms. The summed E-state index contributed by atoms with van der Waals surface area (Å²) in [5, 5.41) is 38.9. The van der Waals surface area contributed by atoms with Crippen molar-refractivity contribution < 1.29 is 22.6 Å². The van der Waals surface area contributed by atoms with Gasteiger partial charge in [-0.05, 0) is 131 Å². The highest BCUT2D eigenvalue weighted by Crippen LogP contribution is 2.32. The van der Waals surface area contributed by atoms with Crippen molar-refractivity contribution in [3.8, 4) is 0 Å². The third-order valence-electron chi connectivity index (χ3n) is 21.2. The van der Waals surface area contributed by atoms with Crippen molar-refractivity contribution in [1.82, 2.24) is 128 Å². The molecular formula is C90H91ClN36O5S. The zero-order valence-electron chi connectivity index (χ0n) is 72.6. The highest BCUT2D eigenvalue weighted by atomic mass is 35.5. The molecule has 0 unspecified atom stereocenters. The van der Waals surface area contributed by atoms with Crippen molar-refractivity contribution in [2.45, 2.75) is 113 Å². The number of hydrogen-bond donors (Lipinski definition) is 10. The number of nitrogen functional groups attached to an aromatic ring is 5. The maximum Gasteiger partial charge on any atom is 0.222 e. The van der Waals surface area contributed by atoms with Crippen molar-refractivity contribution >= 4 is 143 Å². The normalized spacial score (nSPS) is 12.0. The van der Waals surface area contributed by atoms with Crippen molar-refractivity contribution in [1.29, 1.82) is 0 Å². The number of benzene rings is 1. The number of aryl methyl sites for hydroxylation is 4. The number of nitrogens with zero attached hydrogens (tertiary/aromatic N) is 26. The number of likely N-dealkylation sites (tertiary alicyclic amines) is 1. The van der Waals surface area contributed by atoms with Gasteiger partial charge in [0.1, 0.15) is 91.0 Å². The van der Waals surface area contributed by atoms with E-state index in [1.165, 1.54) is 43.3 Å². The lowest BCUT2D eigenvalue weighted by Gasteiger charge is -2.15. The Morgan fingerprint density at radius 1 is 0.361 bits per heavy atom. The Hall–Kier alpha value is -16.8. The van der Waals surface area contributed by atoms with Crippen LogP contribution in [0.2, 0.25) is 5.02 Å². The highest BCUT2D eigenvalue weighted by Gasteiger charge is 2.22. The summed E-state index contributed by atoms with van der Waals surface area (Å²) < 4.78 is 37.6. The molecule has 0 radical (unpaired) electrons. The maximum atomic E-state index is 6.24. The minimum Gasteiger partial charge on any atom is -0.368 e. The van der Waals surface area contributed by atoms with Gasteiger partial charge in [0, 0.05) is 105 Å². The topological polar surface area (TPSA) is 533 Å². The second-order valence-corrected chi connectivity index (χ2v) is 32.4. The summed E-state index contributed by atoms with van der Waals surface area (Å²) in [4.78, 5) is 63.7. The number of hydrogen-bond acceptors (Lipinski definition) is 36. The van der Waals surface area contributed by atoms with Crippen molar-refractivity contribution in [3.05, 3.63) is 297 Å². The van der Waals surface area contributed by atoms with Crippen LogP contribution in [-0.2, 0) is 72.0 Å². The molecule has 43 heteroatoms. The summed E-state index contributed by atoms with van der Waals surface area (Å²) >= 11 is 7.81. The number of anilines is 10. The molecule has 21 heterocycles. The minimum absolute atomic E-state index is 0.199. The van der Waals surface area contributed by atoms with E-state index >= 15 is 0 Å². The van der Waals surface area contributed by atoms with Gasteiger partial charge in [-0.25, -0.2) is 34.9 Å². The van der Waals surface area contributed by atoms with Gasteiger partial charge in [0.25, 0.3) is 0 Å². The van der Waals surface area contributed by atoms with Crippen molar-refractivity contribution in [2.75, 3.05) is 68.3 Å². The highest BCUT2D eigenvalue weighted by molar-refractivity contribution is 7.07. The molecule has 0 saturated carbocycles. The fourth-order valence-corrected chi connectivity index (χ4v) is 16.1. The zero-order valence-corrected chi connectivity index (χ0v) is 74.2. The fraction of sp³-hybridized carbons (Fsp3) is 0.211. The first-order valence-corrected chi connectivity index (χ1v) is 43.7. The summed E-state index contributed by atoms with van der Waals surface area (Å²) in [7, 11) is 0. The van der Waals surface area contributed by atoms with Gasteiger partial charge in [0.15, 0.2) is 29.1 Å². The molecule has 0 spiro atoms. The summed E-state index contributed by atoms with van der Waals surface area (Å²) in [5.41, 5.74) is 50.6. The summed E-state index contributed by atoms with van der Waals surface area (Å²) in [6, 6.07) is 43.2. The van der Waals surface area contributed by atoms with Gasteiger partial charge in [0.05, 0.1) is 120 Å². The maximum absolute atomic E-state index is 6.24. The lowest BCUT2D eigenvalue weighted by molar-refractivity contribution is 0.331. The van der Waals surface area contributed by atoms with Crippen molar-refractivity contribution in [3.63, 3.8) is 0 Å². The average Bonchev–Trinajstić information content (AvgIpc) is 1.67. The Kier molecular flexibility index (Phi) is 26.1. The van der Waals surface area contributed by atoms with E-state index in [1.807, 2.05) is 193 Å². The third-order valence-corrected chi connectivity index (χ3v) is 22.2. The molecule has 1 saturated heterocycles. The molecule has 1 aliphatic heterocycles. The van der Waals surface area contributed by atoms with Gasteiger partial charge < -0.3 is 105 Å². The Morgan fingerprint density at radius 2 is 0.782 bits per heavy atom. The van der Waals surface area contributed by atoms with E-state index in [-0.39, 0.29) is 29.7 Å². The first-order chi connectivity index (χ1) is 64.9. The minimum atomic E-state index is 0.199. The molecule has 0 atom stereocenters. The molecule has 22 rings (SSSR count). The van der Waals surface area contributed by atoms with Crippen LogP contribution in [0.4, 0.5) is 58.8 Å². The van der Waals surface area contributed by atoms with E-state index in [0.29, 0.717) is 93.0 Å². The number of rotatable bonds is 27. The molecule has 1 fully saturated rings. The Balaban J connectivity index is 0.000000112.